The molecule has 3 rings (SSSR count). The largest absolute Gasteiger partial charge is 0.507 e. The molecule has 1 aliphatic rings. The second-order valence-corrected chi connectivity index (χ2v) is 12.4. The molecule has 8 N–H and O–H groups in total. The van der Waals surface area contributed by atoms with Crippen LogP contribution >= 0.6 is 0 Å². The van der Waals surface area contributed by atoms with E-state index in [1.807, 2.05) is 0 Å². The summed E-state index contributed by atoms with van der Waals surface area (Å²) < 4.78 is 0. The Hall–Kier alpha value is -4.65. The SMILES string of the molecule is CCCCCCCC(=O)N[C@@H](CCCCN)C(=O)N(C)[C@@H]1C(=O)N[C@@H](C)C(=O)N[C@H](C(=O)O)Cc2ccc(O)c(c2)-c2cc1ccc2O. The summed E-state index contributed by atoms with van der Waals surface area (Å²) in [4.78, 5) is 67.3. The molecule has 0 spiro atoms. The van der Waals surface area contributed by atoms with Crippen molar-refractivity contribution in [1.82, 2.24) is 20.9 Å². The molecule has 0 saturated heterocycles. The highest BCUT2D eigenvalue weighted by Gasteiger charge is 2.35. The minimum Gasteiger partial charge on any atom is -0.507 e. The smallest absolute Gasteiger partial charge is 0.326 e. The number of amides is 4. The minimum absolute atomic E-state index is 0.134. The molecule has 0 saturated carbocycles. The van der Waals surface area contributed by atoms with Crippen molar-refractivity contribution in [1.29, 1.82) is 0 Å². The van der Waals surface area contributed by atoms with E-state index in [9.17, 15) is 39.3 Å². The van der Waals surface area contributed by atoms with Gasteiger partial charge in [0.2, 0.25) is 23.6 Å². The second kappa shape index (κ2) is 18.0. The first-order valence-electron chi connectivity index (χ1n) is 16.6. The maximum Gasteiger partial charge on any atom is 0.326 e. The molecule has 2 aromatic rings. The number of hydrogen-bond acceptors (Lipinski definition) is 8. The van der Waals surface area contributed by atoms with Gasteiger partial charge in [0, 0.05) is 31.0 Å². The van der Waals surface area contributed by atoms with Crippen LogP contribution < -0.4 is 21.7 Å². The van der Waals surface area contributed by atoms with Gasteiger partial charge in [0.25, 0.3) is 0 Å². The maximum absolute atomic E-state index is 14.1. The molecule has 2 aromatic carbocycles. The van der Waals surface area contributed by atoms with Crippen LogP contribution in [0.5, 0.6) is 11.5 Å². The van der Waals surface area contributed by atoms with Crippen molar-refractivity contribution < 1.29 is 39.3 Å². The number of carbonyl (C=O) groups is 5. The summed E-state index contributed by atoms with van der Waals surface area (Å²) in [5.41, 5.74) is 6.71. The summed E-state index contributed by atoms with van der Waals surface area (Å²) in [5, 5.41) is 39.3. The van der Waals surface area contributed by atoms with Gasteiger partial charge in [-0.3, -0.25) is 19.2 Å². The lowest BCUT2D eigenvalue weighted by atomic mass is 9.93. The molecule has 0 aliphatic carbocycles. The zero-order chi connectivity index (χ0) is 35.4. The Labute approximate surface area is 281 Å². The molecule has 1 heterocycles. The standard InChI is InChI=1S/C35H49N5O8/c1-4-5-6-7-8-12-30(43)38-26(11-9-10-17-36)34(46)40(3)31-23-14-16-29(42)25(20-23)24-18-22(13-15-28(24)41)19-27(35(47)48)39-32(44)21(2)37-33(31)45/h13-16,18,20-21,26-27,31,41-42H,4-12,17,19,36H2,1-3H3,(H,37,45)(H,38,43)(H,39,44)(H,47,48)/t21-,26-,27-,31-/m0/s1. The number of rotatable bonds is 14. The van der Waals surface area contributed by atoms with Crippen LogP contribution in [0.3, 0.4) is 0 Å². The van der Waals surface area contributed by atoms with E-state index in [4.69, 9.17) is 5.73 Å². The molecule has 0 radical (unpaired) electrons. The third kappa shape index (κ3) is 10.2. The predicted molar refractivity (Wildman–Crippen MR) is 180 cm³/mol. The quantitative estimate of drug-likeness (QED) is 0.147. The van der Waals surface area contributed by atoms with Crippen LogP contribution in [0.25, 0.3) is 11.1 Å². The number of carboxylic acid groups (broad SMARTS) is 1. The van der Waals surface area contributed by atoms with Gasteiger partial charge in [-0.05, 0) is 74.5 Å². The predicted octanol–water partition coefficient (Wildman–Crippen LogP) is 2.87. The first-order chi connectivity index (χ1) is 22.9. The van der Waals surface area contributed by atoms with Crippen molar-refractivity contribution >= 4 is 29.6 Å². The van der Waals surface area contributed by atoms with E-state index in [2.05, 4.69) is 22.9 Å². The van der Waals surface area contributed by atoms with Crippen molar-refractivity contribution in [3.05, 3.63) is 47.5 Å². The summed E-state index contributed by atoms with van der Waals surface area (Å²) in [6.07, 6.45) is 6.34. The Morgan fingerprint density at radius 3 is 2.27 bits per heavy atom. The molecule has 48 heavy (non-hydrogen) atoms. The Morgan fingerprint density at radius 2 is 1.60 bits per heavy atom. The molecular weight excluding hydrogens is 618 g/mol. The lowest BCUT2D eigenvalue weighted by Crippen LogP contribution is -2.54. The van der Waals surface area contributed by atoms with Gasteiger partial charge in [0.05, 0.1) is 0 Å². The molecule has 262 valence electrons. The number of phenols is 2. The van der Waals surface area contributed by atoms with Crippen molar-refractivity contribution in [2.75, 3.05) is 13.6 Å². The van der Waals surface area contributed by atoms with E-state index in [1.165, 1.54) is 55.3 Å². The summed E-state index contributed by atoms with van der Waals surface area (Å²) in [7, 11) is 1.42. The zero-order valence-corrected chi connectivity index (χ0v) is 28.0. The maximum atomic E-state index is 14.1. The number of hydrogen-bond donors (Lipinski definition) is 7. The fourth-order valence-corrected chi connectivity index (χ4v) is 5.79. The first-order valence-corrected chi connectivity index (χ1v) is 16.6. The third-order valence-electron chi connectivity index (χ3n) is 8.56. The Morgan fingerprint density at radius 1 is 0.938 bits per heavy atom. The number of benzene rings is 2. The summed E-state index contributed by atoms with van der Waals surface area (Å²) in [6.45, 7) is 3.91. The van der Waals surface area contributed by atoms with Crippen molar-refractivity contribution in [3.8, 4) is 22.6 Å². The highest BCUT2D eigenvalue weighted by molar-refractivity contribution is 5.96. The number of carboxylic acids is 1. The normalized spacial score (nSPS) is 18.5. The van der Waals surface area contributed by atoms with E-state index in [0.717, 1.165) is 25.7 Å². The number of likely N-dealkylation sites (N-methyl/N-ethyl adjacent to an activating group) is 1. The van der Waals surface area contributed by atoms with Crippen LogP contribution in [0.2, 0.25) is 0 Å². The van der Waals surface area contributed by atoms with E-state index in [-0.39, 0.29) is 53.4 Å². The Balaban J connectivity index is 2.04. The van der Waals surface area contributed by atoms with E-state index < -0.39 is 47.9 Å². The topological polar surface area (TPSA) is 211 Å². The monoisotopic (exact) mass is 667 g/mol. The van der Waals surface area contributed by atoms with Gasteiger partial charge >= 0.3 is 5.97 Å². The van der Waals surface area contributed by atoms with Crippen molar-refractivity contribution in [2.45, 2.75) is 102 Å². The lowest BCUT2D eigenvalue weighted by molar-refractivity contribution is -0.144. The number of nitrogens with zero attached hydrogens (tertiary/aromatic N) is 1. The molecule has 4 atom stereocenters. The number of aliphatic carboxylic acids is 1. The van der Waals surface area contributed by atoms with E-state index in [1.54, 1.807) is 0 Å². The fourth-order valence-electron chi connectivity index (χ4n) is 5.79. The molecule has 13 nitrogen and oxygen atoms in total. The highest BCUT2D eigenvalue weighted by atomic mass is 16.4. The molecule has 0 fully saturated rings. The minimum atomic E-state index is -1.36. The summed E-state index contributed by atoms with van der Waals surface area (Å²) in [5.74, 6) is -4.08. The van der Waals surface area contributed by atoms with Crippen molar-refractivity contribution in [2.24, 2.45) is 5.73 Å². The van der Waals surface area contributed by atoms with Gasteiger partial charge in [-0.1, -0.05) is 44.7 Å². The number of phenolic OH excluding ortho intramolecular Hbond substituents is 2. The Bertz CT molecular complexity index is 1460. The lowest BCUT2D eigenvalue weighted by Gasteiger charge is -2.32. The molecular formula is C35H49N5O8. The molecule has 0 aromatic heterocycles. The van der Waals surface area contributed by atoms with Crippen LogP contribution in [0.4, 0.5) is 0 Å². The third-order valence-corrected chi connectivity index (χ3v) is 8.56. The van der Waals surface area contributed by atoms with Gasteiger partial charge in [-0.25, -0.2) is 4.79 Å². The van der Waals surface area contributed by atoms with Crippen molar-refractivity contribution in [3.63, 3.8) is 0 Å². The van der Waals surface area contributed by atoms with Crippen LogP contribution in [0.1, 0.15) is 88.8 Å². The second-order valence-electron chi connectivity index (χ2n) is 12.4. The number of nitrogens with one attached hydrogen (secondary N) is 3. The van der Waals surface area contributed by atoms with Crippen LogP contribution in [-0.2, 0) is 30.4 Å². The summed E-state index contributed by atoms with van der Waals surface area (Å²) >= 11 is 0. The van der Waals surface area contributed by atoms with Gasteiger partial charge in [0.15, 0.2) is 0 Å². The fraction of sp³-hybridized carbons (Fsp3) is 0.514. The van der Waals surface area contributed by atoms with Gasteiger partial charge in [-0.2, -0.15) is 0 Å². The van der Waals surface area contributed by atoms with E-state index >= 15 is 0 Å². The molecule has 0 unspecified atom stereocenters. The van der Waals surface area contributed by atoms with Gasteiger partial charge in [0.1, 0.15) is 35.7 Å². The zero-order valence-electron chi connectivity index (χ0n) is 28.0. The number of nitrogens with two attached hydrogens (primary N) is 1. The molecule has 1 aliphatic heterocycles. The highest BCUT2D eigenvalue weighted by Crippen LogP contribution is 2.38. The molecule has 4 bridgehead atoms. The van der Waals surface area contributed by atoms with Gasteiger partial charge in [-0.15, -0.1) is 0 Å². The number of aromatic hydroxyl groups is 2. The number of carbonyl (C=O) groups excluding carboxylic acids is 4. The van der Waals surface area contributed by atoms with E-state index in [0.29, 0.717) is 31.4 Å². The first kappa shape index (κ1) is 37.8. The Kier molecular flexibility index (Phi) is 14.2. The van der Waals surface area contributed by atoms with Crippen LogP contribution in [0, 0.1) is 0 Å². The summed E-state index contributed by atoms with van der Waals surface area (Å²) in [6, 6.07) is 3.77. The van der Waals surface area contributed by atoms with Crippen LogP contribution in [-0.4, -0.2) is 81.5 Å². The van der Waals surface area contributed by atoms with Crippen LogP contribution in [0.15, 0.2) is 36.4 Å². The van der Waals surface area contributed by atoms with Gasteiger partial charge < -0.3 is 41.9 Å². The molecule has 4 amide bonds. The number of unbranched alkanes of at least 4 members (excludes halogenated alkanes) is 5. The molecule has 13 heteroatoms. The average molecular weight is 668 g/mol. The average Bonchev–Trinajstić information content (AvgIpc) is 3.04. The number of fused-ring (bicyclic) bond motifs is 5.